The van der Waals surface area contributed by atoms with Gasteiger partial charge in [-0.05, 0) is 30.9 Å². The van der Waals surface area contributed by atoms with Crippen molar-refractivity contribution in [2.75, 3.05) is 19.6 Å². The molecule has 1 saturated heterocycles. The van der Waals surface area contributed by atoms with Crippen LogP contribution in [0, 0.1) is 5.92 Å². The second kappa shape index (κ2) is 9.38. The van der Waals surface area contributed by atoms with Gasteiger partial charge in [0, 0.05) is 30.1 Å². The van der Waals surface area contributed by atoms with E-state index in [0.29, 0.717) is 41.6 Å². The van der Waals surface area contributed by atoms with Crippen molar-refractivity contribution in [1.29, 1.82) is 0 Å². The highest BCUT2D eigenvalue weighted by Gasteiger charge is 2.17. The predicted octanol–water partition coefficient (Wildman–Crippen LogP) is 3.60. The van der Waals surface area contributed by atoms with Crippen LogP contribution in [0.25, 0.3) is 11.4 Å². The molecule has 0 radical (unpaired) electrons. The molecule has 136 valence electrons. The lowest BCUT2D eigenvalue weighted by molar-refractivity contribution is 0.270. The lowest BCUT2D eigenvalue weighted by Crippen LogP contribution is -2.43. The van der Waals surface area contributed by atoms with E-state index in [1.807, 2.05) is 24.3 Å². The van der Waals surface area contributed by atoms with Crippen LogP contribution in [0.2, 0.25) is 5.02 Å². The van der Waals surface area contributed by atoms with Crippen LogP contribution in [0.3, 0.4) is 0 Å². The number of benzene rings is 1. The van der Waals surface area contributed by atoms with E-state index in [-0.39, 0.29) is 24.0 Å². The number of nitrogens with zero attached hydrogens (tertiary/aromatic N) is 4. The molecule has 1 aromatic carbocycles. The Balaban J connectivity index is 0.00000225. The van der Waals surface area contributed by atoms with E-state index in [4.69, 9.17) is 21.9 Å². The van der Waals surface area contributed by atoms with E-state index in [0.717, 1.165) is 18.7 Å². The Hall–Kier alpha value is -1.35. The molecule has 1 aliphatic heterocycles. The fraction of sp³-hybridized carbons (Fsp3) is 0.471. The van der Waals surface area contributed by atoms with E-state index in [1.54, 1.807) is 0 Å². The smallest absolute Gasteiger partial charge is 0.228 e. The molecule has 6 nitrogen and oxygen atoms in total. The van der Waals surface area contributed by atoms with Gasteiger partial charge in [0.1, 0.15) is 0 Å². The van der Waals surface area contributed by atoms with Gasteiger partial charge in [-0.2, -0.15) is 4.98 Å². The van der Waals surface area contributed by atoms with Gasteiger partial charge < -0.3 is 15.2 Å². The summed E-state index contributed by atoms with van der Waals surface area (Å²) in [6, 6.07) is 7.38. The standard InChI is InChI=1S/C17H22ClN5O.HI/c1-12-4-3-9-23(11-12)17(19)20-8-7-15-21-16(22-24-15)13-5-2-6-14(18)10-13;/h2,5-6,10,12H,3-4,7-9,11H2,1H3,(H2,19,20);1H. The molecule has 3 rings (SSSR count). The maximum Gasteiger partial charge on any atom is 0.228 e. The molecule has 0 bridgehead atoms. The van der Waals surface area contributed by atoms with Crippen molar-refractivity contribution in [2.45, 2.75) is 26.2 Å². The first-order valence-corrected chi connectivity index (χ1v) is 8.63. The summed E-state index contributed by atoms with van der Waals surface area (Å²) in [6.45, 7) is 4.75. The van der Waals surface area contributed by atoms with Crippen LogP contribution in [-0.2, 0) is 6.42 Å². The van der Waals surface area contributed by atoms with Gasteiger partial charge in [-0.15, -0.1) is 24.0 Å². The monoisotopic (exact) mass is 475 g/mol. The van der Waals surface area contributed by atoms with Crippen LogP contribution in [0.15, 0.2) is 33.8 Å². The normalized spacial score (nSPS) is 18.1. The first-order chi connectivity index (χ1) is 11.6. The number of hydrogen-bond acceptors (Lipinski definition) is 4. The molecular weight excluding hydrogens is 453 g/mol. The quantitative estimate of drug-likeness (QED) is 0.415. The Morgan fingerprint density at radius 1 is 1.48 bits per heavy atom. The van der Waals surface area contributed by atoms with E-state index < -0.39 is 0 Å². The van der Waals surface area contributed by atoms with E-state index >= 15 is 0 Å². The zero-order chi connectivity index (χ0) is 16.9. The Bertz CT molecular complexity index is 721. The average molecular weight is 476 g/mol. The van der Waals surface area contributed by atoms with Crippen LogP contribution < -0.4 is 5.73 Å². The molecule has 0 spiro atoms. The van der Waals surface area contributed by atoms with Crippen LogP contribution in [0.5, 0.6) is 0 Å². The van der Waals surface area contributed by atoms with Crippen molar-refractivity contribution in [3.05, 3.63) is 35.2 Å². The minimum atomic E-state index is 0. The molecule has 1 unspecified atom stereocenters. The summed E-state index contributed by atoms with van der Waals surface area (Å²) in [6.07, 6.45) is 3.00. The fourth-order valence-corrected chi connectivity index (χ4v) is 3.06. The van der Waals surface area contributed by atoms with Crippen molar-refractivity contribution >= 4 is 41.5 Å². The second-order valence-corrected chi connectivity index (χ2v) is 6.64. The Morgan fingerprint density at radius 3 is 3.08 bits per heavy atom. The molecule has 1 fully saturated rings. The maximum absolute atomic E-state index is 6.08. The number of nitrogens with two attached hydrogens (primary N) is 1. The van der Waals surface area contributed by atoms with Gasteiger partial charge in [-0.25, -0.2) is 0 Å². The SMILES string of the molecule is CC1CCCN(C(N)=NCCc2nc(-c3cccc(Cl)c3)no2)C1.I. The van der Waals surface area contributed by atoms with Crippen molar-refractivity contribution in [3.8, 4) is 11.4 Å². The molecule has 1 atom stereocenters. The summed E-state index contributed by atoms with van der Waals surface area (Å²) in [7, 11) is 0. The number of piperidine rings is 1. The molecule has 8 heteroatoms. The summed E-state index contributed by atoms with van der Waals surface area (Å²) in [5.41, 5.74) is 6.92. The van der Waals surface area contributed by atoms with Gasteiger partial charge in [-0.1, -0.05) is 35.8 Å². The number of guanidine groups is 1. The minimum Gasteiger partial charge on any atom is -0.370 e. The largest absolute Gasteiger partial charge is 0.370 e. The summed E-state index contributed by atoms with van der Waals surface area (Å²) in [4.78, 5) is 11.0. The summed E-state index contributed by atoms with van der Waals surface area (Å²) < 4.78 is 5.28. The molecule has 2 aromatic rings. The third kappa shape index (κ3) is 5.57. The summed E-state index contributed by atoms with van der Waals surface area (Å²) >= 11 is 5.98. The molecule has 25 heavy (non-hydrogen) atoms. The van der Waals surface area contributed by atoms with Gasteiger partial charge in [0.15, 0.2) is 5.96 Å². The molecule has 0 aliphatic carbocycles. The number of rotatable bonds is 4. The van der Waals surface area contributed by atoms with E-state index in [2.05, 4.69) is 27.0 Å². The fourth-order valence-electron chi connectivity index (χ4n) is 2.86. The molecule has 1 aromatic heterocycles. The van der Waals surface area contributed by atoms with Crippen molar-refractivity contribution in [3.63, 3.8) is 0 Å². The zero-order valence-corrected chi connectivity index (χ0v) is 17.3. The van der Waals surface area contributed by atoms with Crippen molar-refractivity contribution in [2.24, 2.45) is 16.6 Å². The number of hydrogen-bond donors (Lipinski definition) is 1. The first-order valence-electron chi connectivity index (χ1n) is 8.25. The van der Waals surface area contributed by atoms with Gasteiger partial charge in [0.2, 0.25) is 11.7 Å². The second-order valence-electron chi connectivity index (χ2n) is 6.21. The van der Waals surface area contributed by atoms with Gasteiger partial charge in [0.05, 0.1) is 6.54 Å². The molecule has 2 N–H and O–H groups in total. The highest BCUT2D eigenvalue weighted by Crippen LogP contribution is 2.20. The van der Waals surface area contributed by atoms with Crippen LogP contribution >= 0.6 is 35.6 Å². The summed E-state index contributed by atoms with van der Waals surface area (Å²) in [5, 5.41) is 4.64. The van der Waals surface area contributed by atoms with Crippen LogP contribution in [0.4, 0.5) is 0 Å². The lowest BCUT2D eigenvalue weighted by atomic mass is 10.0. The predicted molar refractivity (Wildman–Crippen MR) is 110 cm³/mol. The Kier molecular flexibility index (Phi) is 7.49. The zero-order valence-electron chi connectivity index (χ0n) is 14.2. The third-order valence-corrected chi connectivity index (χ3v) is 4.37. The number of halogens is 2. The molecule has 2 heterocycles. The molecular formula is C17H23ClIN5O. The van der Waals surface area contributed by atoms with Gasteiger partial charge >= 0.3 is 0 Å². The van der Waals surface area contributed by atoms with Crippen LogP contribution in [0.1, 0.15) is 25.7 Å². The van der Waals surface area contributed by atoms with E-state index in [9.17, 15) is 0 Å². The van der Waals surface area contributed by atoms with Crippen molar-refractivity contribution in [1.82, 2.24) is 15.0 Å². The van der Waals surface area contributed by atoms with Crippen LogP contribution in [-0.4, -0.2) is 40.6 Å². The van der Waals surface area contributed by atoms with Gasteiger partial charge in [-0.3, -0.25) is 4.99 Å². The molecule has 0 amide bonds. The van der Waals surface area contributed by atoms with E-state index in [1.165, 1.54) is 12.8 Å². The number of aromatic nitrogens is 2. The molecule has 0 saturated carbocycles. The van der Waals surface area contributed by atoms with Crippen molar-refractivity contribution < 1.29 is 4.52 Å². The number of aliphatic imine (C=N–C) groups is 1. The van der Waals surface area contributed by atoms with Gasteiger partial charge in [0.25, 0.3) is 0 Å². The topological polar surface area (TPSA) is 80.5 Å². The highest BCUT2D eigenvalue weighted by molar-refractivity contribution is 14.0. The average Bonchev–Trinajstić information content (AvgIpc) is 3.04. The molecule has 1 aliphatic rings. The maximum atomic E-state index is 6.08. The summed E-state index contributed by atoms with van der Waals surface area (Å²) in [5.74, 6) is 2.36. The third-order valence-electron chi connectivity index (χ3n) is 4.13. The lowest BCUT2D eigenvalue weighted by Gasteiger charge is -2.31. The first kappa shape index (κ1) is 20.0. The Morgan fingerprint density at radius 2 is 2.32 bits per heavy atom. The number of likely N-dealkylation sites (tertiary alicyclic amines) is 1. The minimum absolute atomic E-state index is 0. The Labute approximate surface area is 169 Å². The highest BCUT2D eigenvalue weighted by atomic mass is 127.